The molecular formula is C80H106F2N14O24S. The first kappa shape index (κ1) is 95.2. The van der Waals surface area contributed by atoms with Crippen LogP contribution in [0.15, 0.2) is 59.5 Å². The standard InChI is InChI=1S/C80H106F2N14O24S/c1-45(75(115)83-44-117-43-55(99)80-56(119-77(120-80)74-52(81)26-29-121-74)31-51-50-20-19-48-30-49(97)25-27-78(48,3)71(50)54(98)32-79(51,80)4)85-76(116)46(2)84-57(100)22-18-47-17-21-53(96-59(102)23-24-60(96)103)72(82)73(47)118-28-15-16-58(101)86(5)33-61(104)87(6)34-62(105)88(7)35-63(106)89(8)36-64(107)90(9)37-65(108)91(10)38-66(109)92(11)39-67(110)93(12)40-68(111)94(13)41-69(112)95(14)42-70(113)114/h17,21,23-27,29-30,45-46,50-51,54,56,71,77,98H,15-16,18-20,22,28,31-44H2,1-14H3,(H,83,115)(H,84,100)(H,85,116)(H,113,114)/t45-,46-,50-,51-,54-,56+,71+,77+,78-,79-,80+/m0/s1. The van der Waals surface area contributed by atoms with E-state index in [2.05, 4.69) is 16.0 Å². The molecule has 3 saturated carbocycles. The van der Waals surface area contributed by atoms with Gasteiger partial charge in [0, 0.05) is 112 Å². The molecule has 2 aliphatic heterocycles. The second-order valence-electron chi connectivity index (χ2n) is 31.9. The van der Waals surface area contributed by atoms with Gasteiger partial charge in [-0.2, -0.15) is 0 Å². The number of hydrogen-bond acceptors (Lipinski definition) is 24. The Kier molecular flexibility index (Phi) is 31.8. The molecule has 5 N–H and O–H groups in total. The highest BCUT2D eigenvalue weighted by Gasteiger charge is 2.76. The minimum atomic E-state index is -1.71. The molecule has 8 rings (SSSR count). The van der Waals surface area contributed by atoms with Crippen LogP contribution in [-0.4, -0.2) is 351 Å². The van der Waals surface area contributed by atoms with Gasteiger partial charge >= 0.3 is 5.97 Å². The van der Waals surface area contributed by atoms with E-state index in [-0.39, 0.29) is 72.7 Å². The van der Waals surface area contributed by atoms with E-state index in [1.54, 1.807) is 11.5 Å². The summed E-state index contributed by atoms with van der Waals surface area (Å²) < 4.78 is 56.4. The van der Waals surface area contributed by atoms with Gasteiger partial charge in [0.1, 0.15) is 37.8 Å². The van der Waals surface area contributed by atoms with Crippen molar-refractivity contribution in [3.63, 3.8) is 0 Å². The number of rotatable bonds is 39. The van der Waals surface area contributed by atoms with Gasteiger partial charge in [-0.05, 0) is 99.4 Å². The molecule has 41 heteroatoms. The third-order valence-electron chi connectivity index (χ3n) is 23.2. The number of Topliss-reactive ketones (excluding diaryl/α,β-unsaturated/α-hetero) is 1. The molecule has 2 aromatic rings. The molecule has 1 aromatic carbocycles. The summed E-state index contributed by atoms with van der Waals surface area (Å²) in [6, 6.07) is 1.28. The van der Waals surface area contributed by atoms with E-state index in [0.717, 1.165) is 84.1 Å². The zero-order chi connectivity index (χ0) is 89.8. The number of allylic oxidation sites excluding steroid dienone is 4. The first-order valence-corrected chi connectivity index (χ1v) is 39.9. The van der Waals surface area contributed by atoms with Crippen LogP contribution in [0.25, 0.3) is 0 Å². The predicted octanol–water partition coefficient (Wildman–Crippen LogP) is -1.37. The molecule has 1 saturated heterocycles. The lowest BCUT2D eigenvalue weighted by molar-refractivity contribution is -0.201. The van der Waals surface area contributed by atoms with Crippen LogP contribution in [0.5, 0.6) is 5.75 Å². The molecule has 121 heavy (non-hydrogen) atoms. The van der Waals surface area contributed by atoms with Gasteiger partial charge in [0.25, 0.3) is 11.8 Å². The number of hydrogen-bond donors (Lipinski definition) is 5. The number of carboxylic acids is 1. The highest BCUT2D eigenvalue weighted by atomic mass is 32.1. The normalized spacial score (nSPS) is 22.1. The molecule has 11 atom stereocenters. The molecule has 6 aliphatic rings. The number of ether oxygens (including phenoxy) is 4. The van der Waals surface area contributed by atoms with E-state index in [4.69, 9.17) is 24.1 Å². The first-order chi connectivity index (χ1) is 56.7. The Morgan fingerprint density at radius 3 is 1.56 bits per heavy atom. The summed E-state index contributed by atoms with van der Waals surface area (Å²) in [7, 11) is 12.8. The van der Waals surface area contributed by atoms with Gasteiger partial charge in [-0.25, -0.2) is 13.7 Å². The Labute approximate surface area is 701 Å². The molecule has 4 aliphatic carbocycles. The number of nitrogens with one attached hydrogen (secondary N) is 3. The minimum absolute atomic E-state index is 0.0774. The summed E-state index contributed by atoms with van der Waals surface area (Å²) >= 11 is 1.07. The van der Waals surface area contributed by atoms with Gasteiger partial charge < -0.3 is 94.1 Å². The number of anilines is 1. The van der Waals surface area contributed by atoms with Crippen LogP contribution in [0.3, 0.4) is 0 Å². The van der Waals surface area contributed by atoms with Crippen molar-refractivity contribution < 1.29 is 124 Å². The quantitative estimate of drug-likeness (QED) is 0.0293. The van der Waals surface area contributed by atoms with Crippen LogP contribution in [0.2, 0.25) is 0 Å². The zero-order valence-corrected chi connectivity index (χ0v) is 70.9. The average Bonchev–Trinajstić information content (AvgIpc) is 1.46. The van der Waals surface area contributed by atoms with Crippen molar-refractivity contribution in [3.05, 3.63) is 81.6 Å². The summed E-state index contributed by atoms with van der Waals surface area (Å²) in [5.41, 5.74) is -2.79. The Balaban J connectivity index is 0.738. The fourth-order valence-corrected chi connectivity index (χ4v) is 16.8. The third-order valence-corrected chi connectivity index (χ3v) is 24.1. The number of fused-ring (bicyclic) bond motifs is 7. The Bertz CT molecular complexity index is 4500. The molecule has 0 radical (unpaired) electrons. The zero-order valence-electron chi connectivity index (χ0n) is 70.1. The number of aliphatic hydroxyl groups is 1. The lowest BCUT2D eigenvalue weighted by Gasteiger charge is -2.59. The highest BCUT2D eigenvalue weighted by molar-refractivity contribution is 7.10. The van der Waals surface area contributed by atoms with Gasteiger partial charge in [0.2, 0.25) is 76.8 Å². The SMILES string of the molecule is C[C@H](NC(=O)CCc1ccc(N2C(=O)C=CC2=O)c(F)c1OCCCC(=O)N(C)CC(=O)N(C)CC(=O)N(C)CC(=O)N(C)CC(=O)N(C)CC(=O)N(C)CC(=O)N(C)CC(=O)N(C)CC(=O)N(C)CC(=O)N(C)CC(=O)O)C(=O)N[C@@H](C)C(=O)NCOCC(=O)[C@@]12O[C@H](c3sccc3F)O[C@@H]1C[C@H]1[C@@H]3CCC4=CC(=O)C=C[C@]4(C)[C@H]3[C@@H](O)C[C@@]12C. The van der Waals surface area contributed by atoms with Crippen molar-refractivity contribution in [2.75, 3.05) is 161 Å². The van der Waals surface area contributed by atoms with Crippen molar-refractivity contribution in [2.45, 2.75) is 115 Å². The fourth-order valence-electron chi connectivity index (χ4n) is 16.1. The van der Waals surface area contributed by atoms with Crippen molar-refractivity contribution in [1.82, 2.24) is 64.9 Å². The van der Waals surface area contributed by atoms with E-state index in [1.807, 2.05) is 19.9 Å². The minimum Gasteiger partial charge on any atom is -0.490 e. The predicted molar refractivity (Wildman–Crippen MR) is 423 cm³/mol. The fraction of sp³-hybridized carbons (Fsp3) is 0.575. The number of thiophene rings is 1. The topological polar surface area (TPSA) is 456 Å². The Hall–Kier alpha value is -11.3. The van der Waals surface area contributed by atoms with Crippen LogP contribution in [0.4, 0.5) is 14.5 Å². The third kappa shape index (κ3) is 22.3. The summed E-state index contributed by atoms with van der Waals surface area (Å²) in [4.78, 5) is 245. The number of carbonyl (C=O) groups is 18. The largest absolute Gasteiger partial charge is 0.490 e. The molecule has 15 amide bonds. The number of benzene rings is 1. The molecule has 4 fully saturated rings. The van der Waals surface area contributed by atoms with E-state index < -0.39 is 249 Å². The van der Waals surface area contributed by atoms with Crippen molar-refractivity contribution >= 4 is 123 Å². The highest BCUT2D eigenvalue weighted by Crippen LogP contribution is 2.71. The van der Waals surface area contributed by atoms with Crippen LogP contribution < -0.4 is 25.6 Å². The number of imide groups is 1. The molecule has 0 bridgehead atoms. The summed E-state index contributed by atoms with van der Waals surface area (Å²) in [5, 5.41) is 30.2. The van der Waals surface area contributed by atoms with Gasteiger partial charge in [-0.1, -0.05) is 31.6 Å². The second-order valence-corrected chi connectivity index (χ2v) is 32.9. The van der Waals surface area contributed by atoms with Gasteiger partial charge in [0.05, 0.1) is 88.3 Å². The van der Waals surface area contributed by atoms with Crippen LogP contribution in [0, 0.1) is 40.2 Å². The number of amides is 15. The lowest BCUT2D eigenvalue weighted by Crippen LogP contribution is -2.63. The average molecular weight is 1720 g/mol. The maximum absolute atomic E-state index is 16.5. The van der Waals surface area contributed by atoms with Gasteiger partial charge in [-0.3, -0.25) is 86.3 Å². The second kappa shape index (κ2) is 40.4. The summed E-state index contributed by atoms with van der Waals surface area (Å²) in [6.07, 6.45) is 4.67. The number of ketones is 2. The van der Waals surface area contributed by atoms with Crippen molar-refractivity contribution in [3.8, 4) is 5.75 Å². The van der Waals surface area contributed by atoms with E-state index >= 15 is 8.78 Å². The molecule has 660 valence electrons. The monoisotopic (exact) mass is 1720 g/mol. The smallest absolute Gasteiger partial charge is 0.323 e. The number of likely N-dealkylation sites (N-methyl/N-ethyl adjacent to an activating group) is 10. The number of halogens is 2. The summed E-state index contributed by atoms with van der Waals surface area (Å²) in [6.45, 7) is -0.0689. The number of aliphatic hydroxyl groups excluding tert-OH is 1. The van der Waals surface area contributed by atoms with Gasteiger partial charge in [0.15, 0.2) is 35.0 Å². The lowest BCUT2D eigenvalue weighted by atomic mass is 9.46. The first-order valence-electron chi connectivity index (χ1n) is 39.0. The molecule has 1 aromatic heterocycles. The maximum Gasteiger partial charge on any atom is 0.323 e. The number of carbonyl (C=O) groups excluding carboxylic acids is 17. The number of nitrogens with zero attached hydrogens (tertiary/aromatic N) is 11. The molecule has 0 spiro atoms. The number of carboxylic acid groups (broad SMARTS) is 1. The molecular weight excluding hydrogens is 1610 g/mol. The summed E-state index contributed by atoms with van der Waals surface area (Å²) in [5.74, 6) is -15.4. The number of aryl methyl sites for hydroxylation is 1. The van der Waals surface area contributed by atoms with Gasteiger partial charge in [-0.15, -0.1) is 11.3 Å². The van der Waals surface area contributed by atoms with Crippen molar-refractivity contribution in [2.24, 2.45) is 28.6 Å². The number of aliphatic carboxylic acids is 1. The molecule has 38 nitrogen and oxygen atoms in total. The Morgan fingerprint density at radius 1 is 0.620 bits per heavy atom. The van der Waals surface area contributed by atoms with Crippen molar-refractivity contribution in [1.29, 1.82) is 0 Å². The molecule has 0 unspecified atom stereocenters. The van der Waals surface area contributed by atoms with Crippen LogP contribution in [0.1, 0.15) is 89.4 Å². The van der Waals surface area contributed by atoms with E-state index in [1.165, 1.54) is 103 Å². The van der Waals surface area contributed by atoms with E-state index in [9.17, 15) is 91.4 Å². The van der Waals surface area contributed by atoms with Crippen LogP contribution >= 0.6 is 11.3 Å². The maximum atomic E-state index is 16.5. The van der Waals surface area contributed by atoms with Crippen LogP contribution in [-0.2, 0) is 107 Å². The van der Waals surface area contributed by atoms with E-state index in [0.29, 0.717) is 24.2 Å². The Morgan fingerprint density at radius 2 is 1.09 bits per heavy atom. The molecule has 3 heterocycles.